The van der Waals surface area contributed by atoms with E-state index in [0.717, 1.165) is 48.0 Å². The Labute approximate surface area is 185 Å². The van der Waals surface area contributed by atoms with Crippen LogP contribution in [0.3, 0.4) is 0 Å². The molecule has 0 saturated carbocycles. The van der Waals surface area contributed by atoms with Gasteiger partial charge in [0.15, 0.2) is 0 Å². The summed E-state index contributed by atoms with van der Waals surface area (Å²) in [7, 11) is 5.27. The number of aryl methyl sites for hydroxylation is 2. The minimum atomic E-state index is -0.261. The summed E-state index contributed by atoms with van der Waals surface area (Å²) in [4.78, 5) is 13.3. The van der Waals surface area contributed by atoms with Crippen LogP contribution in [0, 0.1) is 0 Å². The van der Waals surface area contributed by atoms with Gasteiger partial charge in [-0.1, -0.05) is 0 Å². The Morgan fingerprint density at radius 2 is 1.88 bits per heavy atom. The third-order valence-electron chi connectivity index (χ3n) is 5.76. The summed E-state index contributed by atoms with van der Waals surface area (Å²) in [6, 6.07) is 7.32. The van der Waals surface area contributed by atoms with E-state index in [0.29, 0.717) is 22.5 Å². The number of benzene rings is 2. The van der Waals surface area contributed by atoms with Crippen molar-refractivity contribution in [2.75, 3.05) is 25.5 Å². The van der Waals surface area contributed by atoms with Crippen molar-refractivity contribution in [1.82, 2.24) is 24.9 Å². The quantitative estimate of drug-likeness (QED) is 0.502. The Morgan fingerprint density at radius 1 is 1.09 bits per heavy atom. The van der Waals surface area contributed by atoms with Crippen LogP contribution in [-0.2, 0) is 14.1 Å². The van der Waals surface area contributed by atoms with Gasteiger partial charge < -0.3 is 20.1 Å². The van der Waals surface area contributed by atoms with Crippen molar-refractivity contribution >= 4 is 33.4 Å². The zero-order valence-corrected chi connectivity index (χ0v) is 18.4. The molecule has 0 atom stereocenters. The Bertz CT molecular complexity index is 1300. The molecule has 5 rings (SSSR count). The average Bonchev–Trinajstić information content (AvgIpc) is 3.35. The van der Waals surface area contributed by atoms with Gasteiger partial charge in [-0.2, -0.15) is 10.2 Å². The van der Waals surface area contributed by atoms with E-state index >= 15 is 0 Å². The van der Waals surface area contributed by atoms with Gasteiger partial charge in [-0.05, 0) is 44.1 Å². The maximum atomic E-state index is 13.3. The Balaban J connectivity index is 1.47. The number of anilines is 1. The van der Waals surface area contributed by atoms with Crippen molar-refractivity contribution in [3.63, 3.8) is 0 Å². The fraction of sp³-hybridized carbons (Fsp3) is 0.348. The molecule has 0 bridgehead atoms. The first-order valence-electron chi connectivity index (χ1n) is 10.7. The molecule has 1 aliphatic rings. The first-order valence-corrected chi connectivity index (χ1v) is 10.7. The lowest BCUT2D eigenvalue weighted by molar-refractivity contribution is 0.102. The summed E-state index contributed by atoms with van der Waals surface area (Å²) < 4.78 is 15.2. The lowest BCUT2D eigenvalue weighted by atomic mass is 10.1. The summed E-state index contributed by atoms with van der Waals surface area (Å²) in [5, 5.41) is 17.0. The number of carbonyl (C=O) groups excluding carboxylic acids is 1. The zero-order valence-electron chi connectivity index (χ0n) is 18.4. The van der Waals surface area contributed by atoms with Crippen molar-refractivity contribution in [3.8, 4) is 11.5 Å². The summed E-state index contributed by atoms with van der Waals surface area (Å²) in [5.41, 5.74) is 2.47. The minimum absolute atomic E-state index is 0.162. The number of fused-ring (bicyclic) bond motifs is 2. The number of rotatable bonds is 5. The molecule has 9 nitrogen and oxygen atoms in total. The number of hydrogen-bond acceptors (Lipinski definition) is 6. The second-order valence-corrected chi connectivity index (χ2v) is 8.11. The van der Waals surface area contributed by atoms with E-state index in [9.17, 15) is 4.79 Å². The molecule has 4 aromatic rings. The van der Waals surface area contributed by atoms with Gasteiger partial charge in [-0.3, -0.25) is 14.2 Å². The molecule has 2 aromatic heterocycles. The largest absolute Gasteiger partial charge is 0.494 e. The van der Waals surface area contributed by atoms with Crippen molar-refractivity contribution < 1.29 is 14.3 Å². The van der Waals surface area contributed by atoms with E-state index in [2.05, 4.69) is 20.8 Å². The molecule has 0 spiro atoms. The summed E-state index contributed by atoms with van der Waals surface area (Å²) in [6.07, 6.45) is 5.87. The lowest BCUT2D eigenvalue weighted by Gasteiger charge is -2.24. The van der Waals surface area contributed by atoms with E-state index in [1.54, 1.807) is 22.5 Å². The van der Waals surface area contributed by atoms with E-state index < -0.39 is 0 Å². The summed E-state index contributed by atoms with van der Waals surface area (Å²) in [6.45, 7) is 1.90. The molecule has 9 heteroatoms. The van der Waals surface area contributed by atoms with Crippen LogP contribution in [0.1, 0.15) is 23.2 Å². The number of nitrogens with one attached hydrogen (secondary N) is 2. The number of ether oxygens (including phenoxy) is 2. The number of nitrogens with zero attached hydrogens (tertiary/aromatic N) is 4. The molecule has 1 saturated heterocycles. The maximum Gasteiger partial charge on any atom is 0.258 e. The van der Waals surface area contributed by atoms with Crippen LogP contribution < -0.4 is 20.1 Å². The molecule has 2 N–H and O–H groups in total. The van der Waals surface area contributed by atoms with E-state index in [1.165, 1.54) is 0 Å². The monoisotopic (exact) mass is 434 g/mol. The predicted molar refractivity (Wildman–Crippen MR) is 122 cm³/mol. The van der Waals surface area contributed by atoms with Crippen LogP contribution >= 0.6 is 0 Å². The third-order valence-corrected chi connectivity index (χ3v) is 5.76. The number of methoxy groups -OCH3 is 1. The highest BCUT2D eigenvalue weighted by atomic mass is 16.5. The molecule has 1 fully saturated rings. The minimum Gasteiger partial charge on any atom is -0.494 e. The third kappa shape index (κ3) is 3.75. The molecule has 1 aliphatic heterocycles. The molecular weight excluding hydrogens is 408 g/mol. The van der Waals surface area contributed by atoms with Crippen molar-refractivity contribution in [1.29, 1.82) is 0 Å². The van der Waals surface area contributed by atoms with E-state index in [4.69, 9.17) is 9.47 Å². The first-order chi connectivity index (χ1) is 15.5. The van der Waals surface area contributed by atoms with Crippen molar-refractivity contribution in [2.45, 2.75) is 18.9 Å². The molecule has 1 amide bonds. The summed E-state index contributed by atoms with van der Waals surface area (Å²) in [5.74, 6) is 1.04. The standard InChI is InChI=1S/C23H26N6O3/c1-28-12-14-10-19(21(31-3)11-18(14)26-28)25-23(30)16-4-5-20(17-13-29(2)27-22(16)17)32-15-6-8-24-9-7-15/h4-5,10-13,15,24H,6-9H2,1-3H3,(H,25,30). The number of piperidine rings is 1. The maximum absolute atomic E-state index is 13.3. The molecule has 32 heavy (non-hydrogen) atoms. The SMILES string of the molecule is COc1cc2nn(C)cc2cc1NC(=O)c1ccc(OC2CCNCC2)c2cn(C)nc12. The van der Waals surface area contributed by atoms with Crippen LogP contribution in [0.4, 0.5) is 5.69 Å². The van der Waals surface area contributed by atoms with Gasteiger partial charge >= 0.3 is 0 Å². The Kier molecular flexibility index (Phi) is 5.18. The fourth-order valence-corrected chi connectivity index (χ4v) is 4.21. The second-order valence-electron chi connectivity index (χ2n) is 8.11. The Hall–Kier alpha value is -3.59. The first kappa shape index (κ1) is 20.3. The number of amides is 1. The van der Waals surface area contributed by atoms with Gasteiger partial charge in [-0.25, -0.2) is 0 Å². The molecule has 166 valence electrons. The summed E-state index contributed by atoms with van der Waals surface area (Å²) >= 11 is 0. The van der Waals surface area contributed by atoms with Crippen LogP contribution in [0.5, 0.6) is 11.5 Å². The highest BCUT2D eigenvalue weighted by Gasteiger charge is 2.21. The number of carbonyl (C=O) groups is 1. The highest BCUT2D eigenvalue weighted by Crippen LogP contribution is 2.33. The van der Waals surface area contributed by atoms with Gasteiger partial charge in [0.1, 0.15) is 23.1 Å². The topological polar surface area (TPSA) is 95.2 Å². The predicted octanol–water partition coefficient (Wildman–Crippen LogP) is 2.85. The molecule has 3 heterocycles. The van der Waals surface area contributed by atoms with Gasteiger partial charge in [0, 0.05) is 37.9 Å². The second kappa shape index (κ2) is 8.16. The zero-order chi connectivity index (χ0) is 22.2. The van der Waals surface area contributed by atoms with Crippen molar-refractivity contribution in [3.05, 3.63) is 42.2 Å². The number of hydrogen-bond donors (Lipinski definition) is 2. The lowest BCUT2D eigenvalue weighted by Crippen LogP contribution is -2.34. The molecule has 2 aromatic carbocycles. The highest BCUT2D eigenvalue weighted by molar-refractivity contribution is 6.13. The van der Waals surface area contributed by atoms with Gasteiger partial charge in [-0.15, -0.1) is 0 Å². The molecular formula is C23H26N6O3. The Morgan fingerprint density at radius 3 is 2.66 bits per heavy atom. The fourth-order valence-electron chi connectivity index (χ4n) is 4.21. The van der Waals surface area contributed by atoms with Gasteiger partial charge in [0.25, 0.3) is 5.91 Å². The average molecular weight is 435 g/mol. The van der Waals surface area contributed by atoms with Crippen molar-refractivity contribution in [2.24, 2.45) is 14.1 Å². The van der Waals surface area contributed by atoms with E-state index in [-0.39, 0.29) is 12.0 Å². The van der Waals surface area contributed by atoms with Crippen LogP contribution in [-0.4, -0.2) is 51.8 Å². The number of aromatic nitrogens is 4. The van der Waals surface area contributed by atoms with Gasteiger partial charge in [0.05, 0.1) is 29.3 Å². The normalized spacial score (nSPS) is 14.7. The van der Waals surface area contributed by atoms with Gasteiger partial charge in [0.2, 0.25) is 0 Å². The smallest absolute Gasteiger partial charge is 0.258 e. The van der Waals surface area contributed by atoms with Crippen LogP contribution in [0.15, 0.2) is 36.7 Å². The van der Waals surface area contributed by atoms with Crippen LogP contribution in [0.2, 0.25) is 0 Å². The molecule has 0 aliphatic carbocycles. The molecule has 0 unspecified atom stereocenters. The van der Waals surface area contributed by atoms with E-state index in [1.807, 2.05) is 44.7 Å². The molecule has 0 radical (unpaired) electrons. The van der Waals surface area contributed by atoms with Crippen LogP contribution in [0.25, 0.3) is 21.8 Å².